The van der Waals surface area contributed by atoms with Crippen molar-refractivity contribution in [3.63, 3.8) is 0 Å². The molecular weight excluding hydrogens is 445 g/mol. The van der Waals surface area contributed by atoms with Gasteiger partial charge in [-0.05, 0) is 79.1 Å². The van der Waals surface area contributed by atoms with E-state index >= 15 is 0 Å². The molecule has 0 radical (unpaired) electrons. The van der Waals surface area contributed by atoms with E-state index in [2.05, 4.69) is 4.90 Å². The SMILES string of the molecule is CC1=C(c2cccc(O)c2)C(c2ccc(OCCN3CCC(CF)C3)cc2)Oc2ccc(O)cc21. The average Bonchev–Trinajstić information content (AvgIpc) is 3.33. The van der Waals surface area contributed by atoms with Gasteiger partial charge in [-0.1, -0.05) is 24.3 Å². The monoisotopic (exact) mass is 475 g/mol. The van der Waals surface area contributed by atoms with Gasteiger partial charge < -0.3 is 19.7 Å². The molecule has 2 heterocycles. The third-order valence-electron chi connectivity index (χ3n) is 6.88. The van der Waals surface area contributed by atoms with Crippen LogP contribution in [0.5, 0.6) is 23.0 Å². The number of fused-ring (bicyclic) bond motifs is 1. The van der Waals surface area contributed by atoms with Gasteiger partial charge in [-0.3, -0.25) is 9.29 Å². The number of alkyl halides is 1. The highest BCUT2D eigenvalue weighted by Gasteiger charge is 2.30. The summed E-state index contributed by atoms with van der Waals surface area (Å²) >= 11 is 0. The molecule has 2 aliphatic heterocycles. The lowest BCUT2D eigenvalue weighted by Gasteiger charge is -2.31. The fourth-order valence-electron chi connectivity index (χ4n) is 4.99. The largest absolute Gasteiger partial charge is 0.508 e. The van der Waals surface area contributed by atoms with Gasteiger partial charge >= 0.3 is 0 Å². The first kappa shape index (κ1) is 23.2. The Morgan fingerprint density at radius 1 is 1.03 bits per heavy atom. The van der Waals surface area contributed by atoms with Crippen LogP contribution in [-0.2, 0) is 0 Å². The Labute approximate surface area is 205 Å². The topological polar surface area (TPSA) is 62.2 Å². The van der Waals surface area contributed by atoms with Gasteiger partial charge in [-0.15, -0.1) is 0 Å². The lowest BCUT2D eigenvalue weighted by Crippen LogP contribution is -2.26. The van der Waals surface area contributed by atoms with Crippen LogP contribution in [0.2, 0.25) is 0 Å². The zero-order valence-electron chi connectivity index (χ0n) is 19.8. The number of ether oxygens (including phenoxy) is 2. The maximum atomic E-state index is 12.8. The van der Waals surface area contributed by atoms with Crippen LogP contribution in [0.1, 0.15) is 36.1 Å². The normalized spacial score (nSPS) is 19.9. The van der Waals surface area contributed by atoms with Crippen LogP contribution < -0.4 is 9.47 Å². The minimum absolute atomic E-state index is 0.163. The Morgan fingerprint density at radius 3 is 2.57 bits per heavy atom. The molecule has 1 fully saturated rings. The summed E-state index contributed by atoms with van der Waals surface area (Å²) in [5.41, 5.74) is 4.56. The summed E-state index contributed by atoms with van der Waals surface area (Å²) in [5.74, 6) is 2.00. The second-order valence-corrected chi connectivity index (χ2v) is 9.29. The standard InChI is InChI=1S/C29H30FNO4/c1-19-26-16-24(33)7-10-27(26)35-29(28(19)22-3-2-4-23(32)15-22)21-5-8-25(9-6-21)34-14-13-31-12-11-20(17-30)18-31/h2-10,15-16,20,29,32-33H,11-14,17-18H2,1H3. The Hall–Kier alpha value is -3.51. The van der Waals surface area contributed by atoms with Crippen molar-refractivity contribution in [3.8, 4) is 23.0 Å². The molecule has 0 bridgehead atoms. The lowest BCUT2D eigenvalue weighted by atomic mass is 9.86. The van der Waals surface area contributed by atoms with Gasteiger partial charge in [0.15, 0.2) is 0 Å². The zero-order valence-corrected chi connectivity index (χ0v) is 19.8. The lowest BCUT2D eigenvalue weighted by molar-refractivity contribution is 0.228. The van der Waals surface area contributed by atoms with Crippen LogP contribution in [0.25, 0.3) is 11.1 Å². The molecule has 0 amide bonds. The van der Waals surface area contributed by atoms with Crippen molar-refractivity contribution in [2.45, 2.75) is 19.4 Å². The van der Waals surface area contributed by atoms with E-state index in [1.807, 2.05) is 43.3 Å². The van der Waals surface area contributed by atoms with E-state index in [1.54, 1.807) is 30.3 Å². The van der Waals surface area contributed by atoms with Gasteiger partial charge in [0.1, 0.15) is 35.7 Å². The quantitative estimate of drug-likeness (QED) is 0.450. The van der Waals surface area contributed by atoms with Crippen molar-refractivity contribution in [2.24, 2.45) is 5.92 Å². The number of allylic oxidation sites excluding steroid dienone is 1. The molecule has 2 atom stereocenters. The summed E-state index contributed by atoms with van der Waals surface area (Å²) in [4.78, 5) is 2.25. The maximum absolute atomic E-state index is 12.8. The van der Waals surface area contributed by atoms with Gasteiger partial charge in [0.2, 0.25) is 0 Å². The molecule has 2 N–H and O–H groups in total. The molecule has 5 nitrogen and oxygen atoms in total. The fourth-order valence-corrected chi connectivity index (χ4v) is 4.99. The van der Waals surface area contributed by atoms with E-state index in [9.17, 15) is 14.6 Å². The molecule has 0 aliphatic carbocycles. The van der Waals surface area contributed by atoms with E-state index in [-0.39, 0.29) is 30.2 Å². The van der Waals surface area contributed by atoms with Gasteiger partial charge in [0.25, 0.3) is 0 Å². The number of phenols is 2. The van der Waals surface area contributed by atoms with Crippen LogP contribution in [0.4, 0.5) is 4.39 Å². The third kappa shape index (κ3) is 4.98. The number of hydrogen-bond acceptors (Lipinski definition) is 5. The number of nitrogens with zero attached hydrogens (tertiary/aromatic N) is 1. The maximum Gasteiger partial charge on any atom is 0.150 e. The molecule has 35 heavy (non-hydrogen) atoms. The third-order valence-corrected chi connectivity index (χ3v) is 6.88. The van der Waals surface area contributed by atoms with Crippen molar-refractivity contribution in [1.82, 2.24) is 4.90 Å². The van der Waals surface area contributed by atoms with Crippen molar-refractivity contribution >= 4 is 11.1 Å². The fraction of sp³-hybridized carbons (Fsp3) is 0.310. The van der Waals surface area contributed by atoms with Crippen molar-refractivity contribution in [2.75, 3.05) is 32.9 Å². The van der Waals surface area contributed by atoms with Gasteiger partial charge in [0.05, 0.1) is 6.67 Å². The number of likely N-dealkylation sites (tertiary alicyclic amines) is 1. The first-order chi connectivity index (χ1) is 17.0. The Bertz CT molecular complexity index is 1220. The van der Waals surface area contributed by atoms with Gasteiger partial charge in [-0.2, -0.15) is 0 Å². The summed E-state index contributed by atoms with van der Waals surface area (Å²) in [6.07, 6.45) is 0.536. The van der Waals surface area contributed by atoms with Crippen molar-refractivity contribution < 1.29 is 24.1 Å². The number of phenolic OH excluding ortho intramolecular Hbond substituents is 2. The van der Waals surface area contributed by atoms with E-state index in [0.29, 0.717) is 12.4 Å². The molecule has 3 aromatic carbocycles. The van der Waals surface area contributed by atoms with Crippen LogP contribution in [-0.4, -0.2) is 48.0 Å². The van der Waals surface area contributed by atoms with Crippen LogP contribution >= 0.6 is 0 Å². The minimum Gasteiger partial charge on any atom is -0.508 e. The molecule has 3 aromatic rings. The van der Waals surface area contributed by atoms with Gasteiger partial charge in [0, 0.05) is 30.1 Å². The molecule has 2 unspecified atom stereocenters. The van der Waals surface area contributed by atoms with Crippen LogP contribution in [0, 0.1) is 5.92 Å². The highest BCUT2D eigenvalue weighted by molar-refractivity contribution is 5.95. The molecule has 182 valence electrons. The molecule has 1 saturated heterocycles. The predicted octanol–water partition coefficient (Wildman–Crippen LogP) is 5.83. The molecule has 0 saturated carbocycles. The predicted molar refractivity (Wildman–Crippen MR) is 135 cm³/mol. The van der Waals surface area contributed by atoms with E-state index in [4.69, 9.17) is 9.47 Å². The van der Waals surface area contributed by atoms with Crippen molar-refractivity contribution in [3.05, 3.63) is 83.4 Å². The molecule has 0 spiro atoms. The van der Waals surface area contributed by atoms with Crippen molar-refractivity contribution in [1.29, 1.82) is 0 Å². The molecule has 6 heteroatoms. The van der Waals surface area contributed by atoms with Crippen LogP contribution in [0.3, 0.4) is 0 Å². The highest BCUT2D eigenvalue weighted by atomic mass is 19.1. The molecule has 5 rings (SSSR count). The number of benzene rings is 3. The first-order valence-electron chi connectivity index (χ1n) is 12.0. The molecular formula is C29H30FNO4. The van der Waals surface area contributed by atoms with E-state index < -0.39 is 0 Å². The Balaban J connectivity index is 1.37. The smallest absolute Gasteiger partial charge is 0.150 e. The summed E-state index contributed by atoms with van der Waals surface area (Å²) in [7, 11) is 0. The second kappa shape index (κ2) is 10.0. The van der Waals surface area contributed by atoms with Gasteiger partial charge in [-0.25, -0.2) is 0 Å². The zero-order chi connectivity index (χ0) is 24.4. The van der Waals surface area contributed by atoms with Crippen LogP contribution in [0.15, 0.2) is 66.7 Å². The number of aromatic hydroxyl groups is 2. The number of halogens is 1. The average molecular weight is 476 g/mol. The number of hydrogen-bond donors (Lipinski definition) is 2. The first-order valence-corrected chi connectivity index (χ1v) is 12.0. The molecule has 0 aromatic heterocycles. The second-order valence-electron chi connectivity index (χ2n) is 9.29. The van der Waals surface area contributed by atoms with E-state index in [1.165, 1.54) is 0 Å². The van der Waals surface area contributed by atoms with E-state index in [0.717, 1.165) is 59.6 Å². The Morgan fingerprint density at radius 2 is 1.83 bits per heavy atom. The Kier molecular flexibility index (Phi) is 6.64. The summed E-state index contributed by atoms with van der Waals surface area (Å²) in [5, 5.41) is 20.1. The summed E-state index contributed by atoms with van der Waals surface area (Å²) < 4.78 is 25.2. The molecule has 2 aliphatic rings. The number of rotatable bonds is 7. The highest BCUT2D eigenvalue weighted by Crippen LogP contribution is 2.47. The minimum atomic E-state index is -0.384. The summed E-state index contributed by atoms with van der Waals surface area (Å²) in [6.45, 7) is 4.85. The summed E-state index contributed by atoms with van der Waals surface area (Å²) in [6, 6.07) is 20.1.